The second-order valence-corrected chi connectivity index (χ2v) is 6.88. The maximum Gasteiger partial charge on any atom is 0.222 e. The molecule has 0 spiro atoms. The Morgan fingerprint density at radius 3 is 2.69 bits per heavy atom. The number of likely N-dealkylation sites (N-methyl/N-ethyl adjacent to an activating group) is 1. The number of benzene rings is 1. The summed E-state index contributed by atoms with van der Waals surface area (Å²) in [5, 5.41) is 0. The number of nitrogens with zero attached hydrogens (tertiary/aromatic N) is 4. The summed E-state index contributed by atoms with van der Waals surface area (Å²) in [4.78, 5) is 13.1. The first-order valence-corrected chi connectivity index (χ1v) is 8.81. The minimum Gasteiger partial charge on any atom is -0.488 e. The zero-order valence-electron chi connectivity index (χ0n) is 14.8. The minimum atomic E-state index is -0.321. The van der Waals surface area contributed by atoms with E-state index < -0.39 is 0 Å². The molecule has 8 heteroatoms. The largest absolute Gasteiger partial charge is 0.488 e. The molecule has 138 valence electrons. The van der Waals surface area contributed by atoms with E-state index in [1.54, 1.807) is 0 Å². The molecule has 26 heavy (non-hydrogen) atoms. The number of rotatable bonds is 3. The van der Waals surface area contributed by atoms with Crippen molar-refractivity contribution in [2.45, 2.75) is 12.5 Å². The topological polar surface area (TPSA) is 93.5 Å². The highest BCUT2D eigenvalue weighted by molar-refractivity contribution is 5.73. The van der Waals surface area contributed by atoms with Gasteiger partial charge in [-0.1, -0.05) is 0 Å². The second-order valence-electron chi connectivity index (χ2n) is 6.88. The van der Waals surface area contributed by atoms with E-state index in [1.165, 1.54) is 12.1 Å². The normalized spacial score (nSPS) is 20.1. The number of halogens is 1. The Morgan fingerprint density at radius 1 is 1.19 bits per heavy atom. The molecule has 1 saturated heterocycles. The number of hydrogen-bond donors (Lipinski definition) is 2. The molecule has 3 heterocycles. The SMILES string of the molecule is CN1CCN(c2cc(-c3cc(F)cc4c3OC(CN)C4)nc(N)n2)CC1. The predicted octanol–water partition coefficient (Wildman–Crippen LogP) is 0.879. The van der Waals surface area contributed by atoms with Gasteiger partial charge in [-0.25, -0.2) is 9.37 Å². The van der Waals surface area contributed by atoms with Gasteiger partial charge in [0.1, 0.15) is 23.5 Å². The first-order valence-electron chi connectivity index (χ1n) is 8.81. The summed E-state index contributed by atoms with van der Waals surface area (Å²) in [7, 11) is 2.10. The van der Waals surface area contributed by atoms with Gasteiger partial charge in [0.05, 0.1) is 5.69 Å². The number of aromatic nitrogens is 2. The summed E-state index contributed by atoms with van der Waals surface area (Å²) in [6.07, 6.45) is 0.462. The van der Waals surface area contributed by atoms with Crippen molar-refractivity contribution >= 4 is 11.8 Å². The number of ether oxygens (including phenoxy) is 1. The van der Waals surface area contributed by atoms with E-state index in [2.05, 4.69) is 26.8 Å². The molecule has 1 fully saturated rings. The van der Waals surface area contributed by atoms with Crippen LogP contribution < -0.4 is 21.1 Å². The van der Waals surface area contributed by atoms with Crippen LogP contribution in [0.15, 0.2) is 18.2 Å². The molecule has 0 bridgehead atoms. The van der Waals surface area contributed by atoms with Crippen molar-refractivity contribution in [3.05, 3.63) is 29.6 Å². The van der Waals surface area contributed by atoms with Gasteiger partial charge in [0.25, 0.3) is 0 Å². The van der Waals surface area contributed by atoms with Crippen LogP contribution in [0.3, 0.4) is 0 Å². The van der Waals surface area contributed by atoms with Crippen LogP contribution in [-0.4, -0.2) is 60.7 Å². The Kier molecular flexibility index (Phi) is 4.37. The standard InChI is InChI=1S/C18H23FN6O/c1-24-2-4-25(5-3-24)16-9-15(22-18(21)23-16)14-8-12(19)6-11-7-13(10-20)26-17(11)14/h6,8-9,13H,2-5,7,10,20H2,1H3,(H2,21,22,23). The summed E-state index contributed by atoms with van der Waals surface area (Å²) in [5.74, 6) is 1.25. The molecule has 1 atom stereocenters. The minimum absolute atomic E-state index is 0.137. The van der Waals surface area contributed by atoms with Gasteiger partial charge < -0.3 is 26.0 Å². The molecular weight excluding hydrogens is 335 g/mol. The zero-order valence-corrected chi connectivity index (χ0v) is 14.8. The molecule has 0 amide bonds. The summed E-state index contributed by atoms with van der Waals surface area (Å²) in [6.45, 7) is 4.01. The number of nitrogens with two attached hydrogens (primary N) is 2. The average molecular weight is 358 g/mol. The van der Waals surface area contributed by atoms with Crippen LogP contribution in [0.5, 0.6) is 5.75 Å². The Balaban J connectivity index is 1.73. The number of piperazine rings is 1. The molecule has 4 N–H and O–H groups in total. The van der Waals surface area contributed by atoms with Crippen LogP contribution in [0.2, 0.25) is 0 Å². The van der Waals surface area contributed by atoms with Crippen LogP contribution in [0.25, 0.3) is 11.3 Å². The van der Waals surface area contributed by atoms with Crippen molar-refractivity contribution in [1.29, 1.82) is 0 Å². The summed E-state index contributed by atoms with van der Waals surface area (Å²) < 4.78 is 20.1. The lowest BCUT2D eigenvalue weighted by Gasteiger charge is -2.33. The molecule has 0 aliphatic carbocycles. The van der Waals surface area contributed by atoms with E-state index >= 15 is 0 Å². The van der Waals surface area contributed by atoms with Gasteiger partial charge >= 0.3 is 0 Å². The molecule has 2 aromatic rings. The predicted molar refractivity (Wildman–Crippen MR) is 98.7 cm³/mol. The maximum atomic E-state index is 14.2. The van der Waals surface area contributed by atoms with E-state index in [1.807, 2.05) is 6.07 Å². The zero-order chi connectivity index (χ0) is 18.3. The Hall–Kier alpha value is -2.45. The van der Waals surface area contributed by atoms with Crippen LogP contribution in [0.4, 0.5) is 16.2 Å². The van der Waals surface area contributed by atoms with E-state index in [0.717, 1.165) is 37.6 Å². The third kappa shape index (κ3) is 3.17. The molecule has 0 saturated carbocycles. The quantitative estimate of drug-likeness (QED) is 0.841. The van der Waals surface area contributed by atoms with Crippen molar-refractivity contribution in [3.63, 3.8) is 0 Å². The molecule has 2 aliphatic heterocycles. The Bertz CT molecular complexity index is 822. The van der Waals surface area contributed by atoms with Gasteiger partial charge in [0.2, 0.25) is 5.95 Å². The first-order chi connectivity index (χ1) is 12.5. The number of anilines is 2. The third-order valence-corrected chi connectivity index (χ3v) is 4.96. The van der Waals surface area contributed by atoms with Crippen LogP contribution >= 0.6 is 0 Å². The van der Waals surface area contributed by atoms with E-state index in [0.29, 0.717) is 30.0 Å². The fourth-order valence-electron chi connectivity index (χ4n) is 3.50. The Morgan fingerprint density at radius 2 is 1.96 bits per heavy atom. The highest BCUT2D eigenvalue weighted by atomic mass is 19.1. The Labute approximate surface area is 151 Å². The van der Waals surface area contributed by atoms with E-state index in [-0.39, 0.29) is 17.9 Å². The number of hydrogen-bond acceptors (Lipinski definition) is 7. The van der Waals surface area contributed by atoms with Crippen LogP contribution in [0.1, 0.15) is 5.56 Å². The van der Waals surface area contributed by atoms with Gasteiger partial charge in [-0.2, -0.15) is 4.98 Å². The van der Waals surface area contributed by atoms with Crippen LogP contribution in [0, 0.1) is 5.82 Å². The lowest BCUT2D eigenvalue weighted by atomic mass is 10.0. The highest BCUT2D eigenvalue weighted by Crippen LogP contribution is 2.39. The van der Waals surface area contributed by atoms with Crippen molar-refractivity contribution in [3.8, 4) is 17.0 Å². The van der Waals surface area contributed by atoms with Gasteiger partial charge in [-0.05, 0) is 19.2 Å². The fraction of sp³-hybridized carbons (Fsp3) is 0.444. The van der Waals surface area contributed by atoms with E-state index in [4.69, 9.17) is 16.2 Å². The average Bonchev–Trinajstić information content (AvgIpc) is 3.04. The van der Waals surface area contributed by atoms with Crippen molar-refractivity contribution in [2.24, 2.45) is 5.73 Å². The molecule has 2 aliphatic rings. The lowest BCUT2D eigenvalue weighted by molar-refractivity contribution is 0.242. The number of nitrogen functional groups attached to an aromatic ring is 1. The molecule has 1 unspecified atom stereocenters. The van der Waals surface area contributed by atoms with Crippen molar-refractivity contribution in [2.75, 3.05) is 50.4 Å². The molecule has 7 nitrogen and oxygen atoms in total. The third-order valence-electron chi connectivity index (χ3n) is 4.96. The molecular formula is C18H23FN6O. The second kappa shape index (κ2) is 6.69. The summed E-state index contributed by atoms with van der Waals surface area (Å²) >= 11 is 0. The molecule has 1 aromatic heterocycles. The monoisotopic (exact) mass is 358 g/mol. The van der Waals surface area contributed by atoms with Gasteiger partial charge in [0, 0.05) is 56.3 Å². The van der Waals surface area contributed by atoms with Gasteiger partial charge in [-0.15, -0.1) is 0 Å². The molecule has 0 radical (unpaired) electrons. The summed E-state index contributed by atoms with van der Waals surface area (Å²) in [6, 6.07) is 4.80. The van der Waals surface area contributed by atoms with E-state index in [9.17, 15) is 4.39 Å². The van der Waals surface area contributed by atoms with Crippen molar-refractivity contribution < 1.29 is 9.13 Å². The number of fused-ring (bicyclic) bond motifs is 1. The maximum absolute atomic E-state index is 14.2. The first kappa shape index (κ1) is 17.0. The van der Waals surface area contributed by atoms with Crippen LogP contribution in [-0.2, 0) is 6.42 Å². The lowest BCUT2D eigenvalue weighted by Crippen LogP contribution is -2.44. The molecule has 1 aromatic carbocycles. The van der Waals surface area contributed by atoms with Gasteiger partial charge in [-0.3, -0.25) is 0 Å². The smallest absolute Gasteiger partial charge is 0.222 e. The fourth-order valence-corrected chi connectivity index (χ4v) is 3.50. The van der Waals surface area contributed by atoms with Gasteiger partial charge in [0.15, 0.2) is 0 Å². The molecule has 4 rings (SSSR count). The van der Waals surface area contributed by atoms with Crippen molar-refractivity contribution in [1.82, 2.24) is 14.9 Å². The summed E-state index contributed by atoms with van der Waals surface area (Å²) in [5.41, 5.74) is 13.7. The highest BCUT2D eigenvalue weighted by Gasteiger charge is 2.27.